The highest BCUT2D eigenvalue weighted by atomic mass is 16.3. The van der Waals surface area contributed by atoms with Crippen LogP contribution in [0.25, 0.3) is 0 Å². The zero-order chi connectivity index (χ0) is 14.6. The molecule has 0 spiro atoms. The molecule has 1 aromatic rings. The molecule has 0 saturated carbocycles. The molecule has 0 aromatic carbocycles. The molecule has 0 aliphatic rings. The van der Waals surface area contributed by atoms with E-state index in [1.165, 1.54) is 19.3 Å². The van der Waals surface area contributed by atoms with E-state index in [4.69, 9.17) is 5.11 Å². The van der Waals surface area contributed by atoms with Crippen LogP contribution in [0.2, 0.25) is 0 Å². The summed E-state index contributed by atoms with van der Waals surface area (Å²) in [5, 5.41) is 11.7. The number of hydrogen-bond acceptors (Lipinski definition) is 4. The Bertz CT molecular complexity index is 561. The van der Waals surface area contributed by atoms with Gasteiger partial charge < -0.3 is 10.4 Å². The molecular weight excluding hydrogens is 250 g/mol. The Balaban J connectivity index is 2.76. The summed E-state index contributed by atoms with van der Waals surface area (Å²) in [7, 11) is 1.36. The number of aliphatic hydroxyl groups is 1. The predicted molar refractivity (Wildman–Crippen MR) is 69.8 cm³/mol. The topological polar surface area (TPSA) is 93.3 Å². The summed E-state index contributed by atoms with van der Waals surface area (Å²) in [6.45, 7) is 3.41. The van der Waals surface area contributed by atoms with E-state index < -0.39 is 11.2 Å². The van der Waals surface area contributed by atoms with Crippen molar-refractivity contribution < 1.29 is 9.90 Å². The molecule has 0 aliphatic heterocycles. The van der Waals surface area contributed by atoms with Gasteiger partial charge in [-0.15, -0.1) is 0 Å². The van der Waals surface area contributed by atoms with E-state index in [1.54, 1.807) is 6.92 Å². The first-order valence-electron chi connectivity index (χ1n) is 6.03. The van der Waals surface area contributed by atoms with Gasteiger partial charge in [0.05, 0.1) is 0 Å². The second-order valence-corrected chi connectivity index (χ2v) is 4.64. The van der Waals surface area contributed by atoms with Gasteiger partial charge in [0, 0.05) is 32.0 Å². The molecule has 2 unspecified atom stereocenters. The summed E-state index contributed by atoms with van der Waals surface area (Å²) in [5.74, 6) is -0.408. The smallest absolute Gasteiger partial charge is 0.331 e. The van der Waals surface area contributed by atoms with Crippen LogP contribution in [-0.2, 0) is 18.4 Å². The highest BCUT2D eigenvalue weighted by Gasteiger charge is 2.14. The van der Waals surface area contributed by atoms with Crippen molar-refractivity contribution in [2.75, 3.05) is 6.61 Å². The summed E-state index contributed by atoms with van der Waals surface area (Å²) < 4.78 is 2.10. The minimum Gasteiger partial charge on any atom is -0.396 e. The molecule has 1 rings (SSSR count). The maximum Gasteiger partial charge on any atom is 0.331 e. The predicted octanol–water partition coefficient (Wildman–Crippen LogP) is -1.32. The summed E-state index contributed by atoms with van der Waals surface area (Å²) in [5.41, 5.74) is -0.950. The monoisotopic (exact) mass is 269 g/mol. The number of nitrogens with one attached hydrogen (secondary N) is 1. The van der Waals surface area contributed by atoms with Crippen LogP contribution >= 0.6 is 0 Å². The van der Waals surface area contributed by atoms with Crippen molar-refractivity contribution in [1.29, 1.82) is 0 Å². The lowest BCUT2D eigenvalue weighted by Crippen LogP contribution is -2.43. The third-order valence-corrected chi connectivity index (χ3v) is 3.10. The average Bonchev–Trinajstić information content (AvgIpc) is 2.38. The summed E-state index contributed by atoms with van der Waals surface area (Å²) in [4.78, 5) is 34.7. The molecule has 0 fully saturated rings. The highest BCUT2D eigenvalue weighted by Crippen LogP contribution is 2.00. The lowest BCUT2D eigenvalue weighted by molar-refractivity contribution is -0.122. The Hall–Kier alpha value is -1.89. The number of rotatable bonds is 5. The fourth-order valence-corrected chi connectivity index (χ4v) is 1.49. The van der Waals surface area contributed by atoms with E-state index in [0.29, 0.717) is 0 Å². The van der Waals surface area contributed by atoms with Crippen LogP contribution < -0.4 is 16.6 Å². The molecule has 1 heterocycles. The van der Waals surface area contributed by atoms with Gasteiger partial charge in [-0.1, -0.05) is 6.92 Å². The van der Waals surface area contributed by atoms with Crippen molar-refractivity contribution in [3.05, 3.63) is 33.1 Å². The molecule has 0 saturated heterocycles. The van der Waals surface area contributed by atoms with E-state index in [9.17, 15) is 14.4 Å². The van der Waals surface area contributed by atoms with E-state index >= 15 is 0 Å². The molecule has 7 nitrogen and oxygen atoms in total. The first kappa shape index (κ1) is 15.2. The van der Waals surface area contributed by atoms with Gasteiger partial charge >= 0.3 is 5.69 Å². The van der Waals surface area contributed by atoms with E-state index in [2.05, 4.69) is 5.32 Å². The van der Waals surface area contributed by atoms with Gasteiger partial charge in [-0.2, -0.15) is 0 Å². The molecule has 0 bridgehead atoms. The van der Waals surface area contributed by atoms with Crippen molar-refractivity contribution in [3.8, 4) is 0 Å². The van der Waals surface area contributed by atoms with E-state index in [1.807, 2.05) is 6.92 Å². The van der Waals surface area contributed by atoms with Gasteiger partial charge in [0.15, 0.2) is 0 Å². The van der Waals surface area contributed by atoms with Gasteiger partial charge in [0.1, 0.15) is 6.54 Å². The number of aromatic nitrogens is 2. The van der Waals surface area contributed by atoms with Crippen LogP contribution in [0.4, 0.5) is 0 Å². The van der Waals surface area contributed by atoms with Crippen molar-refractivity contribution in [3.63, 3.8) is 0 Å². The SMILES string of the molecule is CC(CO)C(C)NC(=O)Cn1ccc(=O)n(C)c1=O. The largest absolute Gasteiger partial charge is 0.396 e. The first-order chi connectivity index (χ1) is 8.86. The standard InChI is InChI=1S/C12H19N3O4/c1-8(7-16)9(2)13-10(17)6-15-5-4-11(18)14(3)12(15)19/h4-5,8-9,16H,6-7H2,1-3H3,(H,13,17). The fourth-order valence-electron chi connectivity index (χ4n) is 1.49. The van der Waals surface area contributed by atoms with Crippen LogP contribution in [0, 0.1) is 5.92 Å². The van der Waals surface area contributed by atoms with Gasteiger partial charge in [0.2, 0.25) is 5.91 Å². The maximum atomic E-state index is 11.8. The maximum absolute atomic E-state index is 11.8. The molecule has 19 heavy (non-hydrogen) atoms. The summed E-state index contributed by atoms with van der Waals surface area (Å²) >= 11 is 0. The molecule has 2 N–H and O–H groups in total. The van der Waals surface area contributed by atoms with Crippen LogP contribution in [0.1, 0.15) is 13.8 Å². The second kappa shape index (κ2) is 6.33. The number of hydrogen-bond donors (Lipinski definition) is 2. The Morgan fingerprint density at radius 3 is 2.63 bits per heavy atom. The third-order valence-electron chi connectivity index (χ3n) is 3.10. The van der Waals surface area contributed by atoms with Gasteiger partial charge in [-0.05, 0) is 12.8 Å². The summed E-state index contributed by atoms with van der Waals surface area (Å²) in [6.07, 6.45) is 1.30. The normalized spacial score (nSPS) is 13.9. The quantitative estimate of drug-likeness (QED) is 0.693. The Labute approximate surface area is 110 Å². The Kier molecular flexibility index (Phi) is 5.05. The van der Waals surface area contributed by atoms with Crippen molar-refractivity contribution in [2.45, 2.75) is 26.4 Å². The highest BCUT2D eigenvalue weighted by molar-refractivity contribution is 5.76. The van der Waals surface area contributed by atoms with Gasteiger partial charge in [-0.3, -0.25) is 18.7 Å². The first-order valence-corrected chi connectivity index (χ1v) is 6.03. The molecule has 1 amide bonds. The Morgan fingerprint density at radius 1 is 1.42 bits per heavy atom. The minimum absolute atomic E-state index is 0.0266. The molecule has 1 aromatic heterocycles. The number of aliphatic hydroxyl groups excluding tert-OH is 1. The van der Waals surface area contributed by atoms with Crippen LogP contribution in [0.3, 0.4) is 0 Å². The third kappa shape index (κ3) is 3.78. The second-order valence-electron chi connectivity index (χ2n) is 4.64. The molecule has 0 aliphatic carbocycles. The number of carbonyl (C=O) groups excluding carboxylic acids is 1. The van der Waals surface area contributed by atoms with Crippen LogP contribution in [0.5, 0.6) is 0 Å². The molecule has 0 radical (unpaired) electrons. The summed E-state index contributed by atoms with van der Waals surface area (Å²) in [6, 6.07) is 1.04. The lowest BCUT2D eigenvalue weighted by Gasteiger charge is -2.19. The number of carbonyl (C=O) groups is 1. The van der Waals surface area contributed by atoms with Crippen molar-refractivity contribution >= 4 is 5.91 Å². The zero-order valence-corrected chi connectivity index (χ0v) is 11.3. The zero-order valence-electron chi connectivity index (χ0n) is 11.3. The molecule has 2 atom stereocenters. The number of amides is 1. The van der Waals surface area contributed by atoms with Crippen molar-refractivity contribution in [1.82, 2.24) is 14.5 Å². The van der Waals surface area contributed by atoms with E-state index in [-0.39, 0.29) is 31.0 Å². The minimum atomic E-state index is -0.537. The van der Waals surface area contributed by atoms with Crippen LogP contribution in [0.15, 0.2) is 21.9 Å². The van der Waals surface area contributed by atoms with Gasteiger partial charge in [-0.25, -0.2) is 4.79 Å². The van der Waals surface area contributed by atoms with E-state index in [0.717, 1.165) is 9.13 Å². The molecule has 7 heteroatoms. The average molecular weight is 269 g/mol. The molecular formula is C12H19N3O4. The van der Waals surface area contributed by atoms with Gasteiger partial charge in [0.25, 0.3) is 5.56 Å². The number of nitrogens with zero attached hydrogens (tertiary/aromatic N) is 2. The lowest BCUT2D eigenvalue weighted by atomic mass is 10.1. The fraction of sp³-hybridized carbons (Fsp3) is 0.583. The Morgan fingerprint density at radius 2 is 2.05 bits per heavy atom. The van der Waals surface area contributed by atoms with Crippen LogP contribution in [-0.4, -0.2) is 32.8 Å². The molecule has 106 valence electrons. The van der Waals surface area contributed by atoms with Crippen molar-refractivity contribution in [2.24, 2.45) is 13.0 Å².